The summed E-state index contributed by atoms with van der Waals surface area (Å²) >= 11 is 0. The van der Waals surface area contributed by atoms with Gasteiger partial charge in [-0.3, -0.25) is 0 Å². The minimum Gasteiger partial charge on any atom is -0.0764 e. The summed E-state index contributed by atoms with van der Waals surface area (Å²) in [5.74, 6) is 0.637. The third-order valence-corrected chi connectivity index (χ3v) is 4.00. The molecule has 0 bridgehead atoms. The smallest absolute Gasteiger partial charge is 0.00333 e. The van der Waals surface area contributed by atoms with Crippen molar-refractivity contribution in [3.63, 3.8) is 0 Å². The number of hydrogen-bond donors (Lipinski definition) is 0. The van der Waals surface area contributed by atoms with Crippen molar-refractivity contribution in [2.45, 2.75) is 38.5 Å². The van der Waals surface area contributed by atoms with Gasteiger partial charge >= 0.3 is 0 Å². The third-order valence-electron chi connectivity index (χ3n) is 4.00. The van der Waals surface area contributed by atoms with Crippen LogP contribution in [-0.4, -0.2) is 0 Å². The van der Waals surface area contributed by atoms with Crippen LogP contribution >= 0.6 is 0 Å². The molecule has 0 nitrogen and oxygen atoms in total. The fraction of sp³-hybridized carbons (Fsp3) is 0.333. The number of hydrogen-bond acceptors (Lipinski definition) is 0. The molecular formula is C18H20. The molecule has 18 heavy (non-hydrogen) atoms. The highest BCUT2D eigenvalue weighted by Crippen LogP contribution is 2.38. The van der Waals surface area contributed by atoms with Crippen LogP contribution < -0.4 is 0 Å². The van der Waals surface area contributed by atoms with E-state index in [1.807, 2.05) is 0 Å². The summed E-state index contributed by atoms with van der Waals surface area (Å²) in [6.45, 7) is 2.27. The van der Waals surface area contributed by atoms with Gasteiger partial charge in [-0.1, -0.05) is 74.7 Å². The molecule has 0 fully saturated rings. The average Bonchev–Trinajstić information content (AvgIpc) is 2.83. The fourth-order valence-corrected chi connectivity index (χ4v) is 3.04. The number of rotatable bonds is 4. The topological polar surface area (TPSA) is 0 Å². The maximum atomic E-state index is 2.40. The van der Waals surface area contributed by atoms with Crippen LogP contribution in [0, 0.1) is 0 Å². The Morgan fingerprint density at radius 2 is 1.89 bits per heavy atom. The molecule has 1 unspecified atom stereocenters. The highest BCUT2D eigenvalue weighted by Gasteiger charge is 2.19. The number of unbranched alkanes of at least 4 members (excludes halogenated alkanes) is 2. The Balaban J connectivity index is 1.97. The summed E-state index contributed by atoms with van der Waals surface area (Å²) in [7, 11) is 0. The van der Waals surface area contributed by atoms with Crippen molar-refractivity contribution in [1.82, 2.24) is 0 Å². The van der Waals surface area contributed by atoms with Gasteiger partial charge in [0.05, 0.1) is 0 Å². The molecule has 92 valence electrons. The first-order chi connectivity index (χ1) is 8.90. The molecule has 0 N–H and O–H groups in total. The van der Waals surface area contributed by atoms with E-state index in [0.29, 0.717) is 5.92 Å². The highest BCUT2D eigenvalue weighted by molar-refractivity contribution is 5.91. The Bertz CT molecular complexity index is 578. The van der Waals surface area contributed by atoms with E-state index in [9.17, 15) is 0 Å². The SMILES string of the molecule is CCCCCC1C=Cc2ccc3ccccc3c21. The molecule has 0 saturated heterocycles. The lowest BCUT2D eigenvalue weighted by Gasteiger charge is -2.13. The summed E-state index contributed by atoms with van der Waals surface area (Å²) in [6.07, 6.45) is 9.99. The normalized spacial score (nSPS) is 17.3. The van der Waals surface area contributed by atoms with Crippen molar-refractivity contribution in [1.29, 1.82) is 0 Å². The summed E-state index contributed by atoms with van der Waals surface area (Å²) in [5, 5.41) is 2.82. The second-order valence-corrected chi connectivity index (χ2v) is 5.25. The van der Waals surface area contributed by atoms with Gasteiger partial charge in [0.2, 0.25) is 0 Å². The minimum atomic E-state index is 0.637. The van der Waals surface area contributed by atoms with Crippen molar-refractivity contribution in [3.8, 4) is 0 Å². The Hall–Kier alpha value is -1.56. The van der Waals surface area contributed by atoms with E-state index in [-0.39, 0.29) is 0 Å². The lowest BCUT2D eigenvalue weighted by molar-refractivity contribution is 0.634. The van der Waals surface area contributed by atoms with Gasteiger partial charge in [-0.25, -0.2) is 0 Å². The van der Waals surface area contributed by atoms with E-state index in [1.165, 1.54) is 42.0 Å². The van der Waals surface area contributed by atoms with Gasteiger partial charge in [0.1, 0.15) is 0 Å². The minimum absolute atomic E-state index is 0.637. The van der Waals surface area contributed by atoms with Crippen LogP contribution in [0.25, 0.3) is 16.8 Å². The van der Waals surface area contributed by atoms with Crippen LogP contribution in [0.2, 0.25) is 0 Å². The van der Waals surface area contributed by atoms with Crippen molar-refractivity contribution in [2.24, 2.45) is 0 Å². The second-order valence-electron chi connectivity index (χ2n) is 5.25. The Kier molecular flexibility index (Phi) is 3.19. The van der Waals surface area contributed by atoms with Crippen LogP contribution in [0.5, 0.6) is 0 Å². The summed E-state index contributed by atoms with van der Waals surface area (Å²) in [4.78, 5) is 0. The largest absolute Gasteiger partial charge is 0.0764 e. The van der Waals surface area contributed by atoms with Crippen LogP contribution in [-0.2, 0) is 0 Å². The first kappa shape index (κ1) is 11.5. The fourth-order valence-electron chi connectivity index (χ4n) is 3.04. The Morgan fingerprint density at radius 3 is 2.78 bits per heavy atom. The zero-order valence-electron chi connectivity index (χ0n) is 11.0. The van der Waals surface area contributed by atoms with Gasteiger partial charge in [0.15, 0.2) is 0 Å². The second kappa shape index (κ2) is 4.97. The average molecular weight is 236 g/mol. The predicted octanol–water partition coefficient (Wildman–Crippen LogP) is 5.53. The zero-order chi connectivity index (χ0) is 12.4. The van der Waals surface area contributed by atoms with Crippen molar-refractivity contribution in [3.05, 3.63) is 53.6 Å². The lowest BCUT2D eigenvalue weighted by Crippen LogP contribution is -1.95. The van der Waals surface area contributed by atoms with E-state index in [2.05, 4.69) is 55.5 Å². The molecule has 3 rings (SSSR count). The molecule has 0 radical (unpaired) electrons. The number of fused-ring (bicyclic) bond motifs is 3. The zero-order valence-corrected chi connectivity index (χ0v) is 11.0. The summed E-state index contributed by atoms with van der Waals surface area (Å²) < 4.78 is 0. The molecular weight excluding hydrogens is 216 g/mol. The molecule has 2 aromatic rings. The molecule has 0 spiro atoms. The molecule has 0 saturated carbocycles. The maximum Gasteiger partial charge on any atom is 0.00333 e. The van der Waals surface area contributed by atoms with E-state index in [1.54, 1.807) is 5.56 Å². The molecule has 1 aliphatic rings. The maximum absolute atomic E-state index is 2.40. The van der Waals surface area contributed by atoms with E-state index < -0.39 is 0 Å². The number of benzene rings is 2. The van der Waals surface area contributed by atoms with Crippen LogP contribution in [0.1, 0.15) is 49.7 Å². The molecule has 1 atom stereocenters. The van der Waals surface area contributed by atoms with E-state index in [0.717, 1.165) is 0 Å². The predicted molar refractivity (Wildman–Crippen MR) is 79.9 cm³/mol. The first-order valence-corrected chi connectivity index (χ1v) is 7.10. The van der Waals surface area contributed by atoms with Crippen LogP contribution in [0.3, 0.4) is 0 Å². The molecule has 0 heterocycles. The van der Waals surface area contributed by atoms with Crippen molar-refractivity contribution in [2.75, 3.05) is 0 Å². The van der Waals surface area contributed by atoms with E-state index >= 15 is 0 Å². The highest BCUT2D eigenvalue weighted by atomic mass is 14.2. The third kappa shape index (κ3) is 1.96. The molecule has 0 amide bonds. The Labute approximate surface area is 109 Å². The summed E-state index contributed by atoms with van der Waals surface area (Å²) in [6, 6.07) is 13.3. The molecule has 0 aliphatic heterocycles. The molecule has 1 aliphatic carbocycles. The van der Waals surface area contributed by atoms with Gasteiger partial charge in [-0.05, 0) is 28.3 Å². The monoisotopic (exact) mass is 236 g/mol. The van der Waals surface area contributed by atoms with Crippen molar-refractivity contribution < 1.29 is 0 Å². The summed E-state index contributed by atoms with van der Waals surface area (Å²) in [5.41, 5.74) is 2.99. The van der Waals surface area contributed by atoms with Gasteiger partial charge in [0, 0.05) is 5.92 Å². The quantitative estimate of drug-likeness (QED) is 0.612. The molecule has 0 aromatic heterocycles. The van der Waals surface area contributed by atoms with Gasteiger partial charge < -0.3 is 0 Å². The lowest BCUT2D eigenvalue weighted by atomic mass is 9.90. The van der Waals surface area contributed by atoms with Crippen molar-refractivity contribution >= 4 is 16.8 Å². The van der Waals surface area contributed by atoms with Crippen LogP contribution in [0.4, 0.5) is 0 Å². The first-order valence-electron chi connectivity index (χ1n) is 7.10. The molecule has 0 heteroatoms. The van der Waals surface area contributed by atoms with Gasteiger partial charge in [-0.2, -0.15) is 0 Å². The molecule has 2 aromatic carbocycles. The van der Waals surface area contributed by atoms with Crippen LogP contribution in [0.15, 0.2) is 42.5 Å². The standard InChI is InChI=1S/C18H20/c1-2-3-4-8-15-12-13-16-11-10-14-7-5-6-9-17(14)18(15)16/h5-7,9-13,15H,2-4,8H2,1H3. The van der Waals surface area contributed by atoms with Gasteiger partial charge in [0.25, 0.3) is 0 Å². The van der Waals surface area contributed by atoms with Gasteiger partial charge in [-0.15, -0.1) is 0 Å². The Morgan fingerprint density at radius 1 is 1.00 bits per heavy atom. The van der Waals surface area contributed by atoms with E-state index in [4.69, 9.17) is 0 Å². The number of allylic oxidation sites excluding steroid dienone is 1.